The number of benzene rings is 3. The van der Waals surface area contributed by atoms with Crippen molar-refractivity contribution in [1.82, 2.24) is 10.2 Å². The summed E-state index contributed by atoms with van der Waals surface area (Å²) in [4.78, 5) is 28.7. The van der Waals surface area contributed by atoms with Crippen LogP contribution in [-0.2, 0) is 26.2 Å². The minimum Gasteiger partial charge on any atom is -0.497 e. The minimum atomic E-state index is -4.32. The summed E-state index contributed by atoms with van der Waals surface area (Å²) in [5, 5.41) is 3.64. The van der Waals surface area contributed by atoms with Gasteiger partial charge in [-0.15, -0.1) is 0 Å². The summed E-state index contributed by atoms with van der Waals surface area (Å²) >= 11 is 12.9. The molecule has 2 amide bonds. The summed E-state index contributed by atoms with van der Waals surface area (Å²) in [6.07, 6.45) is 4.82. The lowest BCUT2D eigenvalue weighted by Gasteiger charge is -2.33. The molecule has 1 saturated carbocycles. The van der Waals surface area contributed by atoms with Crippen LogP contribution in [0.1, 0.15) is 44.6 Å². The first-order valence-corrected chi connectivity index (χ1v) is 16.2. The Balaban J connectivity index is 1.70. The van der Waals surface area contributed by atoms with Crippen molar-refractivity contribution in [3.05, 3.63) is 88.2 Å². The van der Waals surface area contributed by atoms with Crippen LogP contribution in [0.15, 0.2) is 71.6 Å². The molecule has 12 heteroatoms. The van der Waals surface area contributed by atoms with Crippen LogP contribution in [0.25, 0.3) is 0 Å². The average Bonchev–Trinajstić information content (AvgIpc) is 3.00. The number of nitrogens with zero attached hydrogens (tertiary/aromatic N) is 2. The van der Waals surface area contributed by atoms with Gasteiger partial charge in [-0.1, -0.05) is 48.5 Å². The van der Waals surface area contributed by atoms with Crippen molar-refractivity contribution in [2.24, 2.45) is 0 Å². The number of hydrogen-bond donors (Lipinski definition) is 1. The lowest BCUT2D eigenvalue weighted by atomic mass is 9.95. The van der Waals surface area contributed by atoms with E-state index in [0.717, 1.165) is 48.5 Å². The molecular formula is C31H34Cl2FN3O5S. The standard InChI is InChI=1S/C31H34Cl2FN3O5S/c1-21(31(39)35-23-7-4-3-5-8-23)36(19-27-28(32)9-6-10-29(27)33)30(38)20-37(24-13-11-22(34)12-14-24)43(40,41)26-17-15-25(42-2)16-18-26/h6,9-18,21,23H,3-5,7-8,19-20H2,1-2H3,(H,35,39)/t21-/m1/s1. The molecule has 1 aliphatic carbocycles. The summed E-state index contributed by atoms with van der Waals surface area (Å²) in [5.41, 5.74) is 0.489. The van der Waals surface area contributed by atoms with Gasteiger partial charge in [-0.3, -0.25) is 13.9 Å². The van der Waals surface area contributed by atoms with Gasteiger partial charge in [-0.25, -0.2) is 12.8 Å². The van der Waals surface area contributed by atoms with Crippen molar-refractivity contribution in [1.29, 1.82) is 0 Å². The molecule has 1 N–H and O–H groups in total. The Bertz CT molecular complexity index is 1510. The largest absolute Gasteiger partial charge is 0.497 e. The van der Waals surface area contributed by atoms with Gasteiger partial charge in [0.05, 0.1) is 17.7 Å². The van der Waals surface area contributed by atoms with Crippen LogP contribution in [0.2, 0.25) is 10.0 Å². The molecule has 0 heterocycles. The van der Waals surface area contributed by atoms with Gasteiger partial charge in [0, 0.05) is 28.2 Å². The zero-order valence-electron chi connectivity index (χ0n) is 23.9. The van der Waals surface area contributed by atoms with Crippen LogP contribution in [0.5, 0.6) is 5.75 Å². The smallest absolute Gasteiger partial charge is 0.264 e. The molecule has 0 radical (unpaired) electrons. The maximum Gasteiger partial charge on any atom is 0.264 e. The van der Waals surface area contributed by atoms with Gasteiger partial charge >= 0.3 is 0 Å². The first kappa shape index (κ1) is 32.6. The highest BCUT2D eigenvalue weighted by Gasteiger charge is 2.34. The van der Waals surface area contributed by atoms with Crippen molar-refractivity contribution in [2.45, 2.75) is 62.6 Å². The van der Waals surface area contributed by atoms with E-state index in [0.29, 0.717) is 21.4 Å². The summed E-state index contributed by atoms with van der Waals surface area (Å²) < 4.78 is 47.7. The summed E-state index contributed by atoms with van der Waals surface area (Å²) in [5.74, 6) is -1.16. The Morgan fingerprint density at radius 1 is 0.977 bits per heavy atom. The SMILES string of the molecule is COc1ccc(S(=O)(=O)N(CC(=O)N(Cc2c(Cl)cccc2Cl)[C@H](C)C(=O)NC2CCCCC2)c2ccc(F)cc2)cc1. The minimum absolute atomic E-state index is 0.00397. The second kappa shape index (κ2) is 14.4. The Morgan fingerprint density at radius 2 is 1.58 bits per heavy atom. The Labute approximate surface area is 261 Å². The van der Waals surface area contributed by atoms with E-state index in [-0.39, 0.29) is 29.1 Å². The van der Waals surface area contributed by atoms with E-state index in [1.54, 1.807) is 25.1 Å². The van der Waals surface area contributed by atoms with Gasteiger partial charge in [-0.05, 0) is 80.4 Å². The van der Waals surface area contributed by atoms with Gasteiger partial charge < -0.3 is 15.0 Å². The number of sulfonamides is 1. The average molecular weight is 651 g/mol. The molecule has 1 atom stereocenters. The van der Waals surface area contributed by atoms with E-state index < -0.39 is 34.3 Å². The molecule has 0 aromatic heterocycles. The van der Waals surface area contributed by atoms with Crippen LogP contribution in [0.4, 0.5) is 10.1 Å². The van der Waals surface area contributed by atoms with Crippen LogP contribution >= 0.6 is 23.2 Å². The molecule has 3 aromatic carbocycles. The number of amides is 2. The van der Waals surface area contributed by atoms with Crippen LogP contribution < -0.4 is 14.4 Å². The number of nitrogens with one attached hydrogen (secondary N) is 1. The quantitative estimate of drug-likeness (QED) is 0.267. The van der Waals surface area contributed by atoms with Crippen molar-refractivity contribution in [3.8, 4) is 5.75 Å². The summed E-state index contributed by atoms with van der Waals surface area (Å²) in [7, 11) is -2.87. The van der Waals surface area contributed by atoms with Crippen molar-refractivity contribution in [2.75, 3.05) is 18.0 Å². The summed E-state index contributed by atoms with van der Waals surface area (Å²) in [6, 6.07) is 14.4. The topological polar surface area (TPSA) is 96.0 Å². The highest BCUT2D eigenvalue weighted by atomic mass is 35.5. The van der Waals surface area contributed by atoms with Crippen LogP contribution in [0, 0.1) is 5.82 Å². The zero-order valence-corrected chi connectivity index (χ0v) is 26.3. The van der Waals surface area contributed by atoms with E-state index in [9.17, 15) is 22.4 Å². The molecule has 0 aliphatic heterocycles. The second-order valence-electron chi connectivity index (χ2n) is 10.4. The highest BCUT2D eigenvalue weighted by Crippen LogP contribution is 2.29. The first-order chi connectivity index (χ1) is 20.5. The highest BCUT2D eigenvalue weighted by molar-refractivity contribution is 7.92. The summed E-state index contributed by atoms with van der Waals surface area (Å²) in [6.45, 7) is 0.764. The molecule has 1 fully saturated rings. The fourth-order valence-corrected chi connectivity index (χ4v) is 6.95. The van der Waals surface area contributed by atoms with Crippen LogP contribution in [0.3, 0.4) is 0 Å². The number of anilines is 1. The van der Waals surface area contributed by atoms with Crippen molar-refractivity contribution >= 4 is 50.7 Å². The van der Waals surface area contributed by atoms with E-state index >= 15 is 0 Å². The normalized spacial score (nSPS) is 14.5. The molecule has 43 heavy (non-hydrogen) atoms. The van der Waals surface area contributed by atoms with E-state index in [1.165, 1.54) is 48.4 Å². The maximum atomic E-state index is 14.1. The number of halogens is 3. The number of rotatable bonds is 11. The number of carbonyl (C=O) groups excluding carboxylic acids is 2. The Kier molecular flexibility index (Phi) is 10.9. The number of ether oxygens (including phenoxy) is 1. The monoisotopic (exact) mass is 649 g/mol. The maximum absolute atomic E-state index is 14.1. The third-order valence-electron chi connectivity index (χ3n) is 7.55. The number of carbonyl (C=O) groups is 2. The van der Waals surface area contributed by atoms with Crippen molar-refractivity contribution < 1.29 is 27.1 Å². The molecule has 1 aliphatic rings. The third-order valence-corrected chi connectivity index (χ3v) is 10.0. The molecule has 0 spiro atoms. The lowest BCUT2D eigenvalue weighted by Crippen LogP contribution is -2.53. The fraction of sp³-hybridized carbons (Fsp3) is 0.355. The van der Waals surface area contributed by atoms with Gasteiger partial charge in [0.25, 0.3) is 10.0 Å². The van der Waals surface area contributed by atoms with Gasteiger partial charge in [0.1, 0.15) is 24.2 Å². The zero-order chi connectivity index (χ0) is 31.1. The van der Waals surface area contributed by atoms with E-state index in [1.807, 2.05) is 0 Å². The predicted octanol–water partition coefficient (Wildman–Crippen LogP) is 6.20. The van der Waals surface area contributed by atoms with Crippen molar-refractivity contribution in [3.63, 3.8) is 0 Å². The van der Waals surface area contributed by atoms with Gasteiger partial charge in [-0.2, -0.15) is 0 Å². The molecule has 8 nitrogen and oxygen atoms in total. The van der Waals surface area contributed by atoms with E-state index in [4.69, 9.17) is 27.9 Å². The van der Waals surface area contributed by atoms with Gasteiger partial charge in [0.2, 0.25) is 11.8 Å². The molecule has 230 valence electrons. The van der Waals surface area contributed by atoms with Crippen LogP contribution in [-0.4, -0.2) is 50.9 Å². The molecule has 0 bridgehead atoms. The molecular weight excluding hydrogens is 616 g/mol. The Hall–Kier alpha value is -3.34. The molecule has 0 saturated heterocycles. The number of methoxy groups -OCH3 is 1. The molecule has 4 rings (SSSR count). The second-order valence-corrected chi connectivity index (χ2v) is 13.1. The van der Waals surface area contributed by atoms with E-state index in [2.05, 4.69) is 5.32 Å². The fourth-order valence-electron chi connectivity index (χ4n) is 5.02. The first-order valence-electron chi connectivity index (χ1n) is 14.0. The lowest BCUT2D eigenvalue weighted by molar-refractivity contribution is -0.139. The third kappa shape index (κ3) is 7.99. The molecule has 0 unspecified atom stereocenters. The number of hydrogen-bond acceptors (Lipinski definition) is 5. The molecule has 3 aromatic rings. The Morgan fingerprint density at radius 3 is 2.16 bits per heavy atom. The predicted molar refractivity (Wildman–Crippen MR) is 165 cm³/mol. The van der Waals surface area contributed by atoms with Gasteiger partial charge in [0.15, 0.2) is 0 Å².